The highest BCUT2D eigenvalue weighted by molar-refractivity contribution is 5.89. The summed E-state index contributed by atoms with van der Waals surface area (Å²) in [6, 6.07) is 12.1. The van der Waals surface area contributed by atoms with Crippen LogP contribution < -0.4 is 10.6 Å². The Morgan fingerprint density at radius 2 is 2.10 bits per heavy atom. The fourth-order valence-electron chi connectivity index (χ4n) is 1.83. The highest BCUT2D eigenvalue weighted by Gasteiger charge is 2.00. The second kappa shape index (κ2) is 6.70. The Hall–Kier alpha value is -2.36. The third-order valence-electron chi connectivity index (χ3n) is 2.93. The van der Waals surface area contributed by atoms with Crippen LogP contribution in [0.5, 0.6) is 0 Å². The molecule has 0 aliphatic rings. The molecule has 2 N–H and O–H groups in total. The lowest BCUT2D eigenvalue weighted by atomic mass is 10.1. The monoisotopic (exact) mass is 269 g/mol. The number of nitrogens with zero attached hydrogens (tertiary/aromatic N) is 1. The minimum atomic E-state index is -0.0297. The summed E-state index contributed by atoms with van der Waals surface area (Å²) in [5, 5.41) is 6.03. The maximum atomic E-state index is 11.2. The van der Waals surface area contributed by atoms with Crippen LogP contribution in [0.1, 0.15) is 24.5 Å². The van der Waals surface area contributed by atoms with Gasteiger partial charge in [0.1, 0.15) is 5.82 Å². The fourth-order valence-corrected chi connectivity index (χ4v) is 1.83. The van der Waals surface area contributed by atoms with Crippen LogP contribution in [0.25, 0.3) is 0 Å². The van der Waals surface area contributed by atoms with Crippen molar-refractivity contribution in [2.45, 2.75) is 26.8 Å². The highest BCUT2D eigenvalue weighted by atomic mass is 16.1. The lowest BCUT2D eigenvalue weighted by Crippen LogP contribution is -2.10. The van der Waals surface area contributed by atoms with E-state index < -0.39 is 0 Å². The van der Waals surface area contributed by atoms with Gasteiger partial charge in [0, 0.05) is 13.0 Å². The number of hydrogen-bond donors (Lipinski definition) is 2. The molecule has 1 aromatic heterocycles. The van der Waals surface area contributed by atoms with E-state index in [1.165, 1.54) is 11.1 Å². The number of aromatic nitrogens is 1. The zero-order chi connectivity index (χ0) is 14.4. The Labute approximate surface area is 119 Å². The van der Waals surface area contributed by atoms with Crippen molar-refractivity contribution in [3.63, 3.8) is 0 Å². The van der Waals surface area contributed by atoms with Gasteiger partial charge in [0.15, 0.2) is 0 Å². The third kappa shape index (κ3) is 4.09. The van der Waals surface area contributed by atoms with Gasteiger partial charge in [-0.15, -0.1) is 0 Å². The summed E-state index contributed by atoms with van der Waals surface area (Å²) < 4.78 is 0. The summed E-state index contributed by atoms with van der Waals surface area (Å²) in [4.78, 5) is 15.4. The van der Waals surface area contributed by atoms with Gasteiger partial charge in [-0.3, -0.25) is 4.79 Å². The second-order valence-corrected chi connectivity index (χ2v) is 4.68. The maximum absolute atomic E-state index is 11.2. The zero-order valence-electron chi connectivity index (χ0n) is 11.8. The standard InChI is InChI=1S/C16H19N3O/c1-3-16(20)19-15-8-7-14(11-18-15)17-10-13-6-4-5-12(2)9-13/h4-9,11,17H,3,10H2,1-2H3,(H,18,19,20). The molecule has 1 amide bonds. The van der Waals surface area contributed by atoms with Crippen molar-refractivity contribution in [2.75, 3.05) is 10.6 Å². The third-order valence-corrected chi connectivity index (χ3v) is 2.93. The van der Waals surface area contributed by atoms with E-state index in [0.717, 1.165) is 12.2 Å². The molecule has 0 saturated carbocycles. The second-order valence-electron chi connectivity index (χ2n) is 4.68. The average molecular weight is 269 g/mol. The molecule has 0 aliphatic carbocycles. The Morgan fingerprint density at radius 1 is 1.25 bits per heavy atom. The van der Waals surface area contributed by atoms with Gasteiger partial charge in [-0.25, -0.2) is 4.98 Å². The molecule has 0 spiro atoms. The van der Waals surface area contributed by atoms with E-state index in [-0.39, 0.29) is 5.91 Å². The molecule has 0 radical (unpaired) electrons. The summed E-state index contributed by atoms with van der Waals surface area (Å²) >= 11 is 0. The maximum Gasteiger partial charge on any atom is 0.225 e. The lowest BCUT2D eigenvalue weighted by Gasteiger charge is -2.08. The topological polar surface area (TPSA) is 54.0 Å². The minimum absolute atomic E-state index is 0.0297. The van der Waals surface area contributed by atoms with E-state index in [4.69, 9.17) is 0 Å². The van der Waals surface area contributed by atoms with E-state index in [9.17, 15) is 4.79 Å². The normalized spacial score (nSPS) is 10.1. The summed E-state index contributed by atoms with van der Waals surface area (Å²) in [5.74, 6) is 0.552. The minimum Gasteiger partial charge on any atom is -0.380 e. The summed E-state index contributed by atoms with van der Waals surface area (Å²) in [6.07, 6.45) is 2.18. The van der Waals surface area contributed by atoms with Crippen molar-refractivity contribution in [2.24, 2.45) is 0 Å². The number of hydrogen-bond acceptors (Lipinski definition) is 3. The van der Waals surface area contributed by atoms with Gasteiger partial charge in [-0.2, -0.15) is 0 Å². The van der Waals surface area contributed by atoms with E-state index in [0.29, 0.717) is 12.2 Å². The summed E-state index contributed by atoms with van der Waals surface area (Å²) in [5.41, 5.74) is 3.41. The first-order valence-corrected chi connectivity index (χ1v) is 6.72. The molecule has 4 heteroatoms. The fraction of sp³-hybridized carbons (Fsp3) is 0.250. The number of nitrogens with one attached hydrogen (secondary N) is 2. The van der Waals surface area contributed by atoms with E-state index in [1.54, 1.807) is 12.3 Å². The van der Waals surface area contributed by atoms with Crippen LogP contribution in [0.15, 0.2) is 42.6 Å². The number of carbonyl (C=O) groups excluding carboxylic acids is 1. The molecular weight excluding hydrogens is 250 g/mol. The van der Waals surface area contributed by atoms with Gasteiger partial charge < -0.3 is 10.6 Å². The van der Waals surface area contributed by atoms with Crippen molar-refractivity contribution >= 4 is 17.4 Å². The molecular formula is C16H19N3O. The van der Waals surface area contributed by atoms with E-state index in [1.807, 2.05) is 19.1 Å². The molecule has 1 heterocycles. The average Bonchev–Trinajstić information content (AvgIpc) is 2.46. The summed E-state index contributed by atoms with van der Waals surface area (Å²) in [6.45, 7) is 4.65. The van der Waals surface area contributed by atoms with Gasteiger partial charge in [-0.1, -0.05) is 36.8 Å². The first-order chi connectivity index (χ1) is 9.67. The predicted octanol–water partition coefficient (Wildman–Crippen LogP) is 3.35. The Morgan fingerprint density at radius 3 is 2.75 bits per heavy atom. The Kier molecular flexibility index (Phi) is 4.71. The quantitative estimate of drug-likeness (QED) is 0.875. The lowest BCUT2D eigenvalue weighted by molar-refractivity contribution is -0.115. The van der Waals surface area contributed by atoms with Crippen LogP contribution in [0.4, 0.5) is 11.5 Å². The molecule has 4 nitrogen and oxygen atoms in total. The van der Waals surface area contributed by atoms with E-state index in [2.05, 4.69) is 40.7 Å². The first kappa shape index (κ1) is 14.1. The van der Waals surface area contributed by atoms with Crippen LogP contribution >= 0.6 is 0 Å². The Balaban J connectivity index is 1.92. The van der Waals surface area contributed by atoms with Gasteiger partial charge in [0.25, 0.3) is 0 Å². The predicted molar refractivity (Wildman–Crippen MR) is 81.7 cm³/mol. The largest absolute Gasteiger partial charge is 0.380 e. The van der Waals surface area contributed by atoms with Crippen molar-refractivity contribution in [1.29, 1.82) is 0 Å². The number of anilines is 2. The van der Waals surface area contributed by atoms with E-state index >= 15 is 0 Å². The molecule has 0 aliphatic heterocycles. The first-order valence-electron chi connectivity index (χ1n) is 6.72. The molecule has 1 aromatic carbocycles. The molecule has 0 atom stereocenters. The van der Waals surface area contributed by atoms with Crippen LogP contribution in [0.3, 0.4) is 0 Å². The SMILES string of the molecule is CCC(=O)Nc1ccc(NCc2cccc(C)c2)cn1. The van der Waals surface area contributed by atoms with Crippen molar-refractivity contribution in [3.05, 3.63) is 53.7 Å². The number of amides is 1. The van der Waals surface area contributed by atoms with Gasteiger partial charge in [0.2, 0.25) is 5.91 Å². The molecule has 2 rings (SSSR count). The van der Waals surface area contributed by atoms with Crippen LogP contribution in [0.2, 0.25) is 0 Å². The number of rotatable bonds is 5. The van der Waals surface area contributed by atoms with Crippen molar-refractivity contribution < 1.29 is 4.79 Å². The molecule has 0 unspecified atom stereocenters. The zero-order valence-corrected chi connectivity index (χ0v) is 11.8. The summed E-state index contributed by atoms with van der Waals surface area (Å²) in [7, 11) is 0. The molecule has 20 heavy (non-hydrogen) atoms. The van der Waals surface area contributed by atoms with Crippen molar-refractivity contribution in [1.82, 2.24) is 4.98 Å². The molecule has 104 valence electrons. The number of pyridine rings is 1. The highest BCUT2D eigenvalue weighted by Crippen LogP contribution is 2.12. The molecule has 0 saturated heterocycles. The van der Waals surface area contributed by atoms with Crippen LogP contribution in [0, 0.1) is 6.92 Å². The Bertz CT molecular complexity index is 579. The smallest absolute Gasteiger partial charge is 0.225 e. The van der Waals surface area contributed by atoms with Crippen LogP contribution in [-0.2, 0) is 11.3 Å². The van der Waals surface area contributed by atoms with Gasteiger partial charge in [0.05, 0.1) is 11.9 Å². The molecule has 2 aromatic rings. The van der Waals surface area contributed by atoms with Crippen LogP contribution in [-0.4, -0.2) is 10.9 Å². The molecule has 0 fully saturated rings. The van der Waals surface area contributed by atoms with Gasteiger partial charge >= 0.3 is 0 Å². The number of benzene rings is 1. The van der Waals surface area contributed by atoms with Crippen molar-refractivity contribution in [3.8, 4) is 0 Å². The number of carbonyl (C=O) groups is 1. The molecule has 0 bridgehead atoms. The van der Waals surface area contributed by atoms with Gasteiger partial charge in [-0.05, 0) is 24.6 Å². The number of aryl methyl sites for hydroxylation is 1.